The highest BCUT2D eigenvalue weighted by molar-refractivity contribution is 6.06. The van der Waals surface area contributed by atoms with E-state index in [1.165, 1.54) is 0 Å². The van der Waals surface area contributed by atoms with Gasteiger partial charge in [0.05, 0.1) is 11.8 Å². The number of hydrogen-bond acceptors (Lipinski definition) is 3. The lowest BCUT2D eigenvalue weighted by Crippen LogP contribution is -2.46. The second-order valence-corrected chi connectivity index (χ2v) is 6.18. The highest BCUT2D eigenvalue weighted by Crippen LogP contribution is 2.23. The Morgan fingerprint density at radius 3 is 2.56 bits per heavy atom. The third-order valence-corrected chi connectivity index (χ3v) is 4.32. The van der Waals surface area contributed by atoms with Crippen LogP contribution in [0.25, 0.3) is 21.9 Å². The van der Waals surface area contributed by atoms with Crippen molar-refractivity contribution in [3.8, 4) is 11.1 Å². The van der Waals surface area contributed by atoms with Crippen molar-refractivity contribution in [1.82, 2.24) is 5.16 Å². The normalized spacial score (nSPS) is 10.7. The molecule has 0 fully saturated rings. The molecule has 1 amide bonds. The summed E-state index contributed by atoms with van der Waals surface area (Å²) in [4.78, 5) is 12.6. The second-order valence-electron chi connectivity index (χ2n) is 6.18. The van der Waals surface area contributed by atoms with Gasteiger partial charge in [0.1, 0.15) is 6.26 Å². The molecule has 1 aromatic heterocycles. The van der Waals surface area contributed by atoms with Crippen molar-refractivity contribution in [3.63, 3.8) is 0 Å². The van der Waals surface area contributed by atoms with E-state index in [1.807, 2.05) is 48.5 Å². The minimum absolute atomic E-state index is 0.191. The number of nitrogens with two attached hydrogens (primary N) is 2. The van der Waals surface area contributed by atoms with Crippen LogP contribution in [0, 0.1) is 0 Å². The van der Waals surface area contributed by atoms with Crippen molar-refractivity contribution in [2.45, 2.75) is 0 Å². The smallest absolute Gasteiger partial charge is 0.270 e. The summed E-state index contributed by atoms with van der Waals surface area (Å²) in [5.74, 6) is 0.0887. The monoisotopic (exact) mass is 357 g/mol. The molecule has 0 atom stereocenters. The molecule has 1 heterocycles. The minimum Gasteiger partial charge on any atom is -0.364 e. The van der Waals surface area contributed by atoms with E-state index in [0.717, 1.165) is 27.5 Å². The lowest BCUT2D eigenvalue weighted by Gasteiger charge is -2.08. The first-order valence-electron chi connectivity index (χ1n) is 8.33. The van der Waals surface area contributed by atoms with Crippen molar-refractivity contribution in [2.75, 3.05) is 5.32 Å². The molecular formula is C21H17N4O2+. The molecule has 132 valence electrons. The van der Waals surface area contributed by atoms with Gasteiger partial charge in [0.25, 0.3) is 11.7 Å². The van der Waals surface area contributed by atoms with Gasteiger partial charge < -0.3 is 9.84 Å². The topological polar surface area (TPSA) is 107 Å². The maximum Gasteiger partial charge on any atom is 0.270 e. The number of fused-ring (bicyclic) bond motifs is 1. The summed E-state index contributed by atoms with van der Waals surface area (Å²) in [7, 11) is 0. The van der Waals surface area contributed by atoms with Crippen LogP contribution < -0.4 is 16.5 Å². The number of hydrogen-bond donors (Lipinski definition) is 3. The Bertz CT molecular complexity index is 1150. The van der Waals surface area contributed by atoms with E-state index in [-0.39, 0.29) is 11.7 Å². The Morgan fingerprint density at radius 2 is 1.78 bits per heavy atom. The summed E-state index contributed by atoms with van der Waals surface area (Å²) in [6, 6.07) is 18.7. The van der Waals surface area contributed by atoms with Gasteiger partial charge in [-0.05, 0) is 52.7 Å². The number of amidine groups is 1. The van der Waals surface area contributed by atoms with Gasteiger partial charge in [-0.1, -0.05) is 29.4 Å². The van der Waals surface area contributed by atoms with Crippen LogP contribution in [0.15, 0.2) is 77.6 Å². The van der Waals surface area contributed by atoms with Crippen molar-refractivity contribution in [1.29, 1.82) is 0 Å². The fourth-order valence-electron chi connectivity index (χ4n) is 2.89. The molecule has 4 aromatic rings. The number of carbonyl (C=O) groups excluding carboxylic acids is 1. The average Bonchev–Trinajstić information content (AvgIpc) is 3.22. The fourth-order valence-corrected chi connectivity index (χ4v) is 2.89. The van der Waals surface area contributed by atoms with Gasteiger partial charge in [0.15, 0.2) is 0 Å². The lowest BCUT2D eigenvalue weighted by atomic mass is 10.0. The van der Waals surface area contributed by atoms with Crippen LogP contribution in [-0.4, -0.2) is 16.9 Å². The third-order valence-electron chi connectivity index (χ3n) is 4.32. The largest absolute Gasteiger partial charge is 0.364 e. The molecule has 0 saturated carbocycles. The molecule has 5 N–H and O–H groups in total. The van der Waals surface area contributed by atoms with Crippen molar-refractivity contribution < 1.29 is 14.7 Å². The molecule has 3 aromatic carbocycles. The van der Waals surface area contributed by atoms with Crippen LogP contribution in [0.5, 0.6) is 0 Å². The fraction of sp³-hybridized carbons (Fsp3) is 0. The van der Waals surface area contributed by atoms with Crippen LogP contribution in [0.2, 0.25) is 0 Å². The van der Waals surface area contributed by atoms with E-state index >= 15 is 0 Å². The zero-order chi connectivity index (χ0) is 18.8. The maximum atomic E-state index is 12.6. The van der Waals surface area contributed by atoms with Crippen molar-refractivity contribution in [3.05, 3.63) is 84.3 Å². The van der Waals surface area contributed by atoms with E-state index in [9.17, 15) is 4.79 Å². The first-order valence-corrected chi connectivity index (χ1v) is 8.33. The van der Waals surface area contributed by atoms with Gasteiger partial charge in [0, 0.05) is 16.8 Å². The molecular weight excluding hydrogens is 340 g/mol. The predicted octanol–water partition coefficient (Wildman–Crippen LogP) is 2.21. The van der Waals surface area contributed by atoms with Crippen LogP contribution in [0.3, 0.4) is 0 Å². The summed E-state index contributed by atoms with van der Waals surface area (Å²) in [6.07, 6.45) is 3.15. The highest BCUT2D eigenvalue weighted by atomic mass is 16.5. The number of rotatable bonds is 4. The zero-order valence-electron chi connectivity index (χ0n) is 14.3. The van der Waals surface area contributed by atoms with Crippen LogP contribution in [0.1, 0.15) is 15.9 Å². The van der Waals surface area contributed by atoms with Gasteiger partial charge >= 0.3 is 0 Å². The predicted molar refractivity (Wildman–Crippen MR) is 104 cm³/mol. The number of nitrogens with zero attached hydrogens (tertiary/aromatic N) is 1. The molecule has 4 rings (SSSR count). The minimum atomic E-state index is -0.191. The van der Waals surface area contributed by atoms with Crippen LogP contribution in [0.4, 0.5) is 5.69 Å². The van der Waals surface area contributed by atoms with Crippen molar-refractivity contribution in [2.24, 2.45) is 5.73 Å². The number of amides is 1. The number of nitrogens with one attached hydrogen (secondary N) is 1. The highest BCUT2D eigenvalue weighted by Gasteiger charge is 2.10. The SMILES string of the molecule is NC(=[NH2+])c1ccc2cc(NC(=O)c3cccc(-c4cnoc4)c3)ccc2c1. The summed E-state index contributed by atoms with van der Waals surface area (Å²) in [5.41, 5.74) is 9.37. The zero-order valence-corrected chi connectivity index (χ0v) is 14.3. The number of benzene rings is 3. The van der Waals surface area contributed by atoms with Gasteiger partial charge in [-0.3, -0.25) is 15.9 Å². The van der Waals surface area contributed by atoms with E-state index in [4.69, 9.17) is 15.7 Å². The van der Waals surface area contributed by atoms with E-state index < -0.39 is 0 Å². The van der Waals surface area contributed by atoms with Gasteiger partial charge in [-0.2, -0.15) is 0 Å². The second kappa shape index (κ2) is 6.76. The summed E-state index contributed by atoms with van der Waals surface area (Å²) < 4.78 is 4.86. The Balaban J connectivity index is 1.58. The standard InChI is InChI=1S/C21H16N4O2/c22-20(23)16-5-4-15-10-19(7-6-14(15)8-16)25-21(26)17-3-1-2-13(9-17)18-11-24-27-12-18/h1-12H,(H3,22,23)(H,25,26)/p+1. The van der Waals surface area contributed by atoms with E-state index in [2.05, 4.69) is 10.5 Å². The van der Waals surface area contributed by atoms with Gasteiger partial charge in [-0.25, -0.2) is 0 Å². The molecule has 0 saturated heterocycles. The summed E-state index contributed by atoms with van der Waals surface area (Å²) in [5, 5.41) is 14.2. The molecule has 6 heteroatoms. The maximum absolute atomic E-state index is 12.6. The average molecular weight is 357 g/mol. The molecule has 0 aliphatic rings. The quantitative estimate of drug-likeness (QED) is 0.384. The number of aromatic nitrogens is 1. The Kier molecular flexibility index (Phi) is 4.14. The Morgan fingerprint density at radius 1 is 0.963 bits per heavy atom. The molecule has 0 bridgehead atoms. The molecule has 0 radical (unpaired) electrons. The first kappa shape index (κ1) is 16.5. The molecule has 0 unspecified atom stereocenters. The first-order chi connectivity index (χ1) is 13.1. The Labute approximate surface area is 155 Å². The lowest BCUT2D eigenvalue weighted by molar-refractivity contribution is -0.114. The molecule has 0 aliphatic carbocycles. The Hall–Kier alpha value is -3.93. The van der Waals surface area contributed by atoms with Crippen LogP contribution in [-0.2, 0) is 0 Å². The molecule has 0 aliphatic heterocycles. The number of anilines is 1. The van der Waals surface area contributed by atoms with Gasteiger partial charge in [0.2, 0.25) is 0 Å². The summed E-state index contributed by atoms with van der Waals surface area (Å²) >= 11 is 0. The van der Waals surface area contributed by atoms with E-state index in [1.54, 1.807) is 24.6 Å². The third kappa shape index (κ3) is 3.41. The van der Waals surface area contributed by atoms with Crippen molar-refractivity contribution >= 4 is 28.2 Å². The van der Waals surface area contributed by atoms with Crippen LogP contribution >= 0.6 is 0 Å². The van der Waals surface area contributed by atoms with Gasteiger partial charge in [-0.15, -0.1) is 0 Å². The molecule has 6 nitrogen and oxygen atoms in total. The molecule has 0 spiro atoms. The number of carbonyl (C=O) groups is 1. The van der Waals surface area contributed by atoms with E-state index in [0.29, 0.717) is 11.3 Å². The summed E-state index contributed by atoms with van der Waals surface area (Å²) in [6.45, 7) is 0. The molecule has 27 heavy (non-hydrogen) atoms.